The minimum Gasteiger partial charge on any atom is -0.481 e. The Labute approximate surface area is 238 Å². The first-order chi connectivity index (χ1) is 18.5. The Kier molecular flexibility index (Phi) is 34.9. The first kappa shape index (κ1) is 39.1. The van der Waals surface area contributed by atoms with Crippen molar-refractivity contribution in [3.05, 3.63) is 0 Å². The number of unbranched alkanes of at least 4 members (excludes halogenated alkanes) is 20. The summed E-state index contributed by atoms with van der Waals surface area (Å²) in [6.07, 6.45) is 32.4. The van der Waals surface area contributed by atoms with Crippen LogP contribution >= 0.6 is 0 Å². The van der Waals surface area contributed by atoms with Crippen LogP contribution in [0.25, 0.3) is 0 Å². The Bertz CT molecular complexity index is 477. The topological polar surface area (TPSA) is 63.6 Å². The second-order valence-electron chi connectivity index (χ2n) is 11.3. The van der Waals surface area contributed by atoms with Gasteiger partial charge in [-0.25, -0.2) is 0 Å². The van der Waals surface area contributed by atoms with Crippen LogP contribution in [0.1, 0.15) is 201 Å². The van der Waals surface area contributed by atoms with Crippen molar-refractivity contribution in [3.8, 4) is 0 Å². The number of aliphatic carboxylic acids is 1. The standard InChI is InChI=1S/C20H40O2.C14H28O2/c1-4-7-9-10-11-12-13-14-16-18-20(21)22-19(6-3)17-15-8-5-2;1-2-3-4-5-6-7-8-9-10-11-12-13-14(15)16/h19H,4-18H2,1-3H3;2-13H2,1H3,(H,15,16). The third-order valence-corrected chi connectivity index (χ3v) is 7.36. The molecule has 0 bridgehead atoms. The van der Waals surface area contributed by atoms with Gasteiger partial charge >= 0.3 is 11.9 Å². The van der Waals surface area contributed by atoms with Gasteiger partial charge in [-0.15, -0.1) is 0 Å². The second kappa shape index (κ2) is 34.0. The van der Waals surface area contributed by atoms with Crippen LogP contribution in [0.15, 0.2) is 0 Å². The average molecular weight is 541 g/mol. The van der Waals surface area contributed by atoms with E-state index in [0.29, 0.717) is 12.8 Å². The summed E-state index contributed by atoms with van der Waals surface area (Å²) in [5.74, 6) is -0.637. The highest BCUT2D eigenvalue weighted by molar-refractivity contribution is 5.69. The summed E-state index contributed by atoms with van der Waals surface area (Å²) in [6.45, 7) is 8.82. The quantitative estimate of drug-likeness (QED) is 0.0791. The number of rotatable bonds is 28. The zero-order valence-corrected chi connectivity index (χ0v) is 26.3. The maximum atomic E-state index is 11.8. The number of hydrogen-bond acceptors (Lipinski definition) is 3. The SMILES string of the molecule is CCCCCCCCCCCC(=O)OC(CC)CCCCC.CCCCCCCCCCCCCC(=O)O. The molecule has 0 aromatic heterocycles. The van der Waals surface area contributed by atoms with Crippen LogP contribution in [0, 0.1) is 0 Å². The highest BCUT2D eigenvalue weighted by Crippen LogP contribution is 2.14. The summed E-state index contributed by atoms with van der Waals surface area (Å²) in [5.41, 5.74) is 0. The van der Waals surface area contributed by atoms with Crippen LogP contribution in [0.5, 0.6) is 0 Å². The molecule has 0 amide bonds. The van der Waals surface area contributed by atoms with Crippen LogP contribution < -0.4 is 0 Å². The molecule has 0 fully saturated rings. The summed E-state index contributed by atoms with van der Waals surface area (Å²) in [5, 5.41) is 8.46. The van der Waals surface area contributed by atoms with Gasteiger partial charge in [-0.1, -0.05) is 156 Å². The molecule has 1 unspecified atom stereocenters. The summed E-state index contributed by atoms with van der Waals surface area (Å²) < 4.78 is 5.58. The van der Waals surface area contributed by atoms with E-state index in [2.05, 4.69) is 27.7 Å². The smallest absolute Gasteiger partial charge is 0.306 e. The third-order valence-electron chi connectivity index (χ3n) is 7.36. The van der Waals surface area contributed by atoms with Gasteiger partial charge in [0.2, 0.25) is 0 Å². The lowest BCUT2D eigenvalue weighted by Crippen LogP contribution is -2.17. The largest absolute Gasteiger partial charge is 0.481 e. The van der Waals surface area contributed by atoms with E-state index in [1.807, 2.05) is 0 Å². The number of carboxylic acid groups (broad SMARTS) is 1. The van der Waals surface area contributed by atoms with Crippen molar-refractivity contribution in [1.29, 1.82) is 0 Å². The van der Waals surface area contributed by atoms with Gasteiger partial charge in [0.05, 0.1) is 0 Å². The lowest BCUT2D eigenvalue weighted by atomic mass is 10.1. The molecule has 0 aromatic rings. The highest BCUT2D eigenvalue weighted by atomic mass is 16.5. The number of carbonyl (C=O) groups is 2. The van der Waals surface area contributed by atoms with Gasteiger partial charge in [0.1, 0.15) is 6.10 Å². The van der Waals surface area contributed by atoms with Crippen LogP contribution in [-0.2, 0) is 14.3 Å². The van der Waals surface area contributed by atoms with Gasteiger partial charge in [-0.2, -0.15) is 0 Å². The minimum absolute atomic E-state index is 0.0197. The van der Waals surface area contributed by atoms with Crippen LogP contribution in [-0.4, -0.2) is 23.1 Å². The Morgan fingerprint density at radius 1 is 0.500 bits per heavy atom. The molecule has 0 spiro atoms. The molecule has 1 atom stereocenters. The van der Waals surface area contributed by atoms with E-state index in [4.69, 9.17) is 9.84 Å². The van der Waals surface area contributed by atoms with Crippen molar-refractivity contribution in [2.75, 3.05) is 0 Å². The van der Waals surface area contributed by atoms with E-state index in [-0.39, 0.29) is 12.1 Å². The number of hydrogen-bond donors (Lipinski definition) is 1. The fraction of sp³-hybridized carbons (Fsp3) is 0.941. The molecular formula is C34H68O4. The van der Waals surface area contributed by atoms with E-state index in [9.17, 15) is 9.59 Å². The fourth-order valence-electron chi connectivity index (χ4n) is 4.73. The molecule has 0 rings (SSSR count). The Morgan fingerprint density at radius 3 is 1.21 bits per heavy atom. The van der Waals surface area contributed by atoms with Gasteiger partial charge in [0, 0.05) is 12.8 Å². The molecule has 4 nitrogen and oxygen atoms in total. The van der Waals surface area contributed by atoms with Crippen molar-refractivity contribution in [2.45, 2.75) is 207 Å². The first-order valence-electron chi connectivity index (χ1n) is 16.9. The van der Waals surface area contributed by atoms with Gasteiger partial charge in [0.15, 0.2) is 0 Å². The minimum atomic E-state index is -0.657. The van der Waals surface area contributed by atoms with Crippen molar-refractivity contribution in [3.63, 3.8) is 0 Å². The molecule has 0 radical (unpaired) electrons. The summed E-state index contributed by atoms with van der Waals surface area (Å²) in [6, 6.07) is 0. The number of esters is 1. The molecule has 228 valence electrons. The Balaban J connectivity index is 0. The number of carbonyl (C=O) groups excluding carboxylic acids is 1. The van der Waals surface area contributed by atoms with Crippen LogP contribution in [0.3, 0.4) is 0 Å². The lowest BCUT2D eigenvalue weighted by molar-refractivity contribution is -0.149. The van der Waals surface area contributed by atoms with E-state index < -0.39 is 5.97 Å². The molecule has 0 aliphatic heterocycles. The highest BCUT2D eigenvalue weighted by Gasteiger charge is 2.11. The Morgan fingerprint density at radius 2 is 0.842 bits per heavy atom. The van der Waals surface area contributed by atoms with E-state index in [1.54, 1.807) is 0 Å². The molecule has 0 saturated heterocycles. The van der Waals surface area contributed by atoms with Gasteiger partial charge < -0.3 is 9.84 Å². The predicted octanol–water partition coefficient (Wildman–Crippen LogP) is 11.6. The fourth-order valence-corrected chi connectivity index (χ4v) is 4.73. The van der Waals surface area contributed by atoms with E-state index >= 15 is 0 Å². The van der Waals surface area contributed by atoms with Crippen molar-refractivity contribution < 1.29 is 19.4 Å². The molecule has 38 heavy (non-hydrogen) atoms. The van der Waals surface area contributed by atoms with Crippen molar-refractivity contribution >= 4 is 11.9 Å². The zero-order valence-electron chi connectivity index (χ0n) is 26.3. The molecule has 0 aromatic carbocycles. The van der Waals surface area contributed by atoms with Crippen molar-refractivity contribution in [1.82, 2.24) is 0 Å². The normalized spacial score (nSPS) is 11.6. The molecule has 0 aliphatic rings. The molecule has 0 saturated carbocycles. The molecule has 0 heterocycles. The van der Waals surface area contributed by atoms with Crippen molar-refractivity contribution in [2.24, 2.45) is 0 Å². The number of ether oxygens (including phenoxy) is 1. The van der Waals surface area contributed by atoms with E-state index in [0.717, 1.165) is 32.1 Å². The molecule has 0 aliphatic carbocycles. The average Bonchev–Trinajstić information content (AvgIpc) is 2.90. The number of carboxylic acids is 1. The molecule has 4 heteroatoms. The maximum Gasteiger partial charge on any atom is 0.306 e. The monoisotopic (exact) mass is 541 g/mol. The second-order valence-corrected chi connectivity index (χ2v) is 11.3. The molecule has 1 N–H and O–H groups in total. The summed E-state index contributed by atoms with van der Waals surface area (Å²) in [4.78, 5) is 22.1. The zero-order chi connectivity index (χ0) is 28.5. The first-order valence-corrected chi connectivity index (χ1v) is 16.9. The predicted molar refractivity (Wildman–Crippen MR) is 165 cm³/mol. The summed E-state index contributed by atoms with van der Waals surface area (Å²) in [7, 11) is 0. The van der Waals surface area contributed by atoms with E-state index in [1.165, 1.54) is 128 Å². The van der Waals surface area contributed by atoms with Gasteiger partial charge in [-0.3, -0.25) is 9.59 Å². The van der Waals surface area contributed by atoms with Crippen LogP contribution in [0.2, 0.25) is 0 Å². The van der Waals surface area contributed by atoms with Gasteiger partial charge in [-0.05, 0) is 32.1 Å². The third kappa shape index (κ3) is 34.9. The molecular weight excluding hydrogens is 472 g/mol. The summed E-state index contributed by atoms with van der Waals surface area (Å²) >= 11 is 0. The van der Waals surface area contributed by atoms with Gasteiger partial charge in [0.25, 0.3) is 0 Å². The lowest BCUT2D eigenvalue weighted by Gasteiger charge is -2.16. The Hall–Kier alpha value is -1.06. The maximum absolute atomic E-state index is 11.8. The van der Waals surface area contributed by atoms with Crippen LogP contribution in [0.4, 0.5) is 0 Å².